The zero-order chi connectivity index (χ0) is 15.4. The number of carbonyl (C=O) groups excluding carboxylic acids is 1. The Kier molecular flexibility index (Phi) is 5.79. The Hall–Kier alpha value is -0.910. The van der Waals surface area contributed by atoms with Crippen molar-refractivity contribution >= 4 is 21.7 Å². The molecule has 21 heavy (non-hydrogen) atoms. The molecule has 0 bridgehead atoms. The summed E-state index contributed by atoms with van der Waals surface area (Å²) < 4.78 is 12.5. The van der Waals surface area contributed by atoms with Crippen molar-refractivity contribution in [1.29, 1.82) is 0 Å². The maximum absolute atomic E-state index is 11.6. The summed E-state index contributed by atoms with van der Waals surface area (Å²) in [4.78, 5) is 14.0. The molecule has 0 spiro atoms. The Labute approximate surface area is 134 Å². The number of halogens is 1. The molecular weight excluding hydrogens is 334 g/mol. The summed E-state index contributed by atoms with van der Waals surface area (Å²) in [7, 11) is 0. The second kappa shape index (κ2) is 7.38. The Morgan fingerprint density at radius 3 is 2.95 bits per heavy atom. The van der Waals surface area contributed by atoms with Gasteiger partial charge in [-0.05, 0) is 39.0 Å². The lowest BCUT2D eigenvalue weighted by atomic mass is 10.1. The molecule has 0 amide bonds. The van der Waals surface area contributed by atoms with Gasteiger partial charge < -0.3 is 9.47 Å². The van der Waals surface area contributed by atoms with Gasteiger partial charge in [-0.1, -0.05) is 15.9 Å². The number of morpholine rings is 1. The Morgan fingerprint density at radius 1 is 1.52 bits per heavy atom. The van der Waals surface area contributed by atoms with Crippen LogP contribution in [0.15, 0.2) is 22.7 Å². The third-order valence-electron chi connectivity index (χ3n) is 3.65. The normalized spacial score (nSPS) is 19.8. The SMILES string of the molecule is CC(=O)c1ccc(Br)cc1OCC1CN(C(C)C)CCO1. The average Bonchev–Trinajstić information content (AvgIpc) is 2.45. The summed E-state index contributed by atoms with van der Waals surface area (Å²) in [5.41, 5.74) is 0.606. The maximum Gasteiger partial charge on any atom is 0.163 e. The molecule has 0 radical (unpaired) electrons. The fraction of sp³-hybridized carbons (Fsp3) is 0.562. The molecule has 0 saturated carbocycles. The van der Waals surface area contributed by atoms with E-state index >= 15 is 0 Å². The molecule has 1 heterocycles. The molecule has 1 aliphatic rings. The zero-order valence-corrected chi connectivity index (χ0v) is 14.4. The number of hydrogen-bond acceptors (Lipinski definition) is 4. The van der Waals surface area contributed by atoms with Gasteiger partial charge in [0.1, 0.15) is 18.5 Å². The highest BCUT2D eigenvalue weighted by Crippen LogP contribution is 2.25. The first-order valence-electron chi connectivity index (χ1n) is 7.26. The summed E-state index contributed by atoms with van der Waals surface area (Å²) >= 11 is 3.41. The van der Waals surface area contributed by atoms with Crippen molar-refractivity contribution in [2.45, 2.75) is 32.9 Å². The van der Waals surface area contributed by atoms with Crippen LogP contribution in [0.5, 0.6) is 5.75 Å². The number of carbonyl (C=O) groups is 1. The largest absolute Gasteiger partial charge is 0.490 e. The summed E-state index contributed by atoms with van der Waals surface area (Å²) in [6.07, 6.45) is 0.0416. The molecule has 1 aromatic carbocycles. The van der Waals surface area contributed by atoms with Crippen LogP contribution in [0.2, 0.25) is 0 Å². The molecule has 1 fully saturated rings. The van der Waals surface area contributed by atoms with E-state index in [0.717, 1.165) is 24.2 Å². The number of hydrogen-bond donors (Lipinski definition) is 0. The van der Waals surface area contributed by atoms with Gasteiger partial charge in [0, 0.05) is 23.6 Å². The van der Waals surface area contributed by atoms with Crippen LogP contribution in [-0.4, -0.2) is 49.1 Å². The molecule has 1 saturated heterocycles. The number of nitrogens with zero attached hydrogens (tertiary/aromatic N) is 1. The van der Waals surface area contributed by atoms with E-state index in [1.807, 2.05) is 12.1 Å². The fourth-order valence-corrected chi connectivity index (χ4v) is 2.74. The Balaban J connectivity index is 1.99. The van der Waals surface area contributed by atoms with Gasteiger partial charge in [0.15, 0.2) is 5.78 Å². The van der Waals surface area contributed by atoms with Crippen LogP contribution < -0.4 is 4.74 Å². The van der Waals surface area contributed by atoms with Crippen molar-refractivity contribution in [1.82, 2.24) is 4.90 Å². The van der Waals surface area contributed by atoms with Crippen molar-refractivity contribution in [2.24, 2.45) is 0 Å². The van der Waals surface area contributed by atoms with E-state index in [-0.39, 0.29) is 11.9 Å². The summed E-state index contributed by atoms with van der Waals surface area (Å²) in [5.74, 6) is 0.619. The monoisotopic (exact) mass is 355 g/mol. The van der Waals surface area contributed by atoms with E-state index in [4.69, 9.17) is 9.47 Å². The second-order valence-corrected chi connectivity index (χ2v) is 6.50. The molecule has 1 unspecified atom stereocenters. The van der Waals surface area contributed by atoms with E-state index in [0.29, 0.717) is 24.0 Å². The molecular formula is C16H22BrNO3. The van der Waals surface area contributed by atoms with Crippen molar-refractivity contribution in [3.63, 3.8) is 0 Å². The highest BCUT2D eigenvalue weighted by molar-refractivity contribution is 9.10. The van der Waals surface area contributed by atoms with E-state index in [2.05, 4.69) is 34.7 Å². The average molecular weight is 356 g/mol. The van der Waals surface area contributed by atoms with E-state index in [1.54, 1.807) is 13.0 Å². The molecule has 0 aromatic heterocycles. The first-order chi connectivity index (χ1) is 9.97. The smallest absolute Gasteiger partial charge is 0.163 e. The molecule has 0 aliphatic carbocycles. The van der Waals surface area contributed by atoms with Gasteiger partial charge in [-0.2, -0.15) is 0 Å². The predicted octanol–water partition coefficient (Wildman–Crippen LogP) is 3.14. The third kappa shape index (κ3) is 4.53. The number of benzene rings is 1. The minimum atomic E-state index is 0.00543. The highest BCUT2D eigenvalue weighted by atomic mass is 79.9. The van der Waals surface area contributed by atoms with Gasteiger partial charge in [0.2, 0.25) is 0 Å². The molecule has 4 nitrogen and oxygen atoms in total. The Morgan fingerprint density at radius 2 is 2.29 bits per heavy atom. The van der Waals surface area contributed by atoms with Crippen LogP contribution >= 0.6 is 15.9 Å². The number of Topliss-reactive ketones (excluding diaryl/α,β-unsaturated/α-hetero) is 1. The highest BCUT2D eigenvalue weighted by Gasteiger charge is 2.23. The summed E-state index contributed by atoms with van der Waals surface area (Å²) in [6.45, 7) is 8.93. The standard InChI is InChI=1S/C16H22BrNO3/c1-11(2)18-6-7-20-14(9-18)10-21-16-8-13(17)4-5-15(16)12(3)19/h4-5,8,11,14H,6-7,9-10H2,1-3H3. The van der Waals surface area contributed by atoms with E-state index in [9.17, 15) is 4.79 Å². The number of rotatable bonds is 5. The van der Waals surface area contributed by atoms with Crippen molar-refractivity contribution < 1.29 is 14.3 Å². The first kappa shape index (κ1) is 16.5. The first-order valence-corrected chi connectivity index (χ1v) is 8.05. The van der Waals surface area contributed by atoms with Crippen molar-refractivity contribution in [3.05, 3.63) is 28.2 Å². The lowest BCUT2D eigenvalue weighted by Gasteiger charge is -2.35. The topological polar surface area (TPSA) is 38.8 Å². The van der Waals surface area contributed by atoms with Crippen LogP contribution in [0.3, 0.4) is 0 Å². The van der Waals surface area contributed by atoms with Crippen molar-refractivity contribution in [2.75, 3.05) is 26.3 Å². The van der Waals surface area contributed by atoms with E-state index in [1.165, 1.54) is 0 Å². The van der Waals surface area contributed by atoms with Gasteiger partial charge in [0.25, 0.3) is 0 Å². The lowest BCUT2D eigenvalue weighted by molar-refractivity contribution is -0.0565. The van der Waals surface area contributed by atoms with Crippen LogP contribution in [0.25, 0.3) is 0 Å². The maximum atomic E-state index is 11.6. The van der Waals surface area contributed by atoms with Crippen LogP contribution in [-0.2, 0) is 4.74 Å². The van der Waals surface area contributed by atoms with Gasteiger partial charge in [-0.3, -0.25) is 9.69 Å². The number of ketones is 1. The van der Waals surface area contributed by atoms with Gasteiger partial charge in [0.05, 0.1) is 12.2 Å². The Bertz CT molecular complexity index is 504. The molecule has 0 N–H and O–H groups in total. The van der Waals surface area contributed by atoms with Gasteiger partial charge in [-0.15, -0.1) is 0 Å². The zero-order valence-electron chi connectivity index (χ0n) is 12.8. The van der Waals surface area contributed by atoms with Crippen molar-refractivity contribution in [3.8, 4) is 5.75 Å². The molecule has 1 atom stereocenters. The van der Waals surface area contributed by atoms with E-state index < -0.39 is 0 Å². The molecule has 1 aromatic rings. The lowest BCUT2D eigenvalue weighted by Crippen LogP contribution is -2.47. The van der Waals surface area contributed by atoms with Gasteiger partial charge >= 0.3 is 0 Å². The van der Waals surface area contributed by atoms with Crippen LogP contribution in [0.1, 0.15) is 31.1 Å². The van der Waals surface area contributed by atoms with Crippen LogP contribution in [0.4, 0.5) is 0 Å². The van der Waals surface area contributed by atoms with Crippen LogP contribution in [0, 0.1) is 0 Å². The summed E-state index contributed by atoms with van der Waals surface area (Å²) in [5, 5.41) is 0. The third-order valence-corrected chi connectivity index (χ3v) is 4.14. The minimum absolute atomic E-state index is 0.00543. The molecule has 2 rings (SSSR count). The second-order valence-electron chi connectivity index (χ2n) is 5.59. The molecule has 1 aliphatic heterocycles. The quantitative estimate of drug-likeness (QED) is 0.760. The predicted molar refractivity (Wildman–Crippen MR) is 86.1 cm³/mol. The summed E-state index contributed by atoms with van der Waals surface area (Å²) in [6, 6.07) is 5.97. The number of ether oxygens (including phenoxy) is 2. The molecule has 5 heteroatoms. The fourth-order valence-electron chi connectivity index (χ4n) is 2.40. The molecule has 116 valence electrons. The minimum Gasteiger partial charge on any atom is -0.490 e. The van der Waals surface area contributed by atoms with Gasteiger partial charge in [-0.25, -0.2) is 0 Å².